The van der Waals surface area contributed by atoms with Crippen LogP contribution in [0.4, 0.5) is 14.5 Å². The van der Waals surface area contributed by atoms with E-state index < -0.39 is 5.82 Å². The van der Waals surface area contributed by atoms with Crippen LogP contribution in [0.5, 0.6) is 0 Å². The number of hydrogen-bond donors (Lipinski definition) is 3. The Labute approximate surface area is 212 Å². The molecule has 3 N–H and O–H groups in total. The fourth-order valence-electron chi connectivity index (χ4n) is 4.15. The molecule has 35 heavy (non-hydrogen) atoms. The third-order valence-corrected chi connectivity index (χ3v) is 6.58. The molecule has 1 unspecified atom stereocenters. The van der Waals surface area contributed by atoms with Crippen molar-refractivity contribution in [2.24, 2.45) is 5.73 Å². The Morgan fingerprint density at radius 2 is 1.97 bits per heavy atom. The predicted octanol–water partition coefficient (Wildman–Crippen LogP) is 6.02. The van der Waals surface area contributed by atoms with Crippen molar-refractivity contribution >= 4 is 28.8 Å². The maximum Gasteiger partial charge on any atom is 0.141 e. The molecule has 4 nitrogen and oxygen atoms in total. The van der Waals surface area contributed by atoms with Gasteiger partial charge in [-0.25, -0.2) is 8.78 Å². The summed E-state index contributed by atoms with van der Waals surface area (Å²) in [4.78, 5) is 2.55. The molecule has 0 aromatic heterocycles. The van der Waals surface area contributed by atoms with Gasteiger partial charge in [0.25, 0.3) is 0 Å². The van der Waals surface area contributed by atoms with Crippen LogP contribution in [0.2, 0.25) is 0 Å². The van der Waals surface area contributed by atoms with Crippen molar-refractivity contribution in [2.45, 2.75) is 38.1 Å². The minimum atomic E-state index is -0.631. The fourth-order valence-corrected chi connectivity index (χ4v) is 4.53. The smallest absolute Gasteiger partial charge is 0.141 e. The molecule has 0 spiro atoms. The molecule has 1 saturated heterocycles. The van der Waals surface area contributed by atoms with Crippen molar-refractivity contribution < 1.29 is 8.78 Å². The molecule has 7 heteroatoms. The van der Waals surface area contributed by atoms with E-state index in [2.05, 4.69) is 29.4 Å². The molecule has 1 heterocycles. The Morgan fingerprint density at radius 3 is 2.63 bits per heavy atom. The van der Waals surface area contributed by atoms with E-state index in [1.165, 1.54) is 18.2 Å². The first-order valence-electron chi connectivity index (χ1n) is 11.9. The van der Waals surface area contributed by atoms with Crippen molar-refractivity contribution in [3.63, 3.8) is 0 Å². The van der Waals surface area contributed by atoms with E-state index in [1.807, 2.05) is 18.2 Å². The largest absolute Gasteiger partial charge is 0.391 e. The SMILES string of the molecule is C=CNCCCC(N)C/C=C/C(=C(\S)c1ccc(N2CCCC2)cc1F)c1ccc(C#N)c(F)c1. The Bertz CT molecular complexity index is 1130. The van der Waals surface area contributed by atoms with Gasteiger partial charge in [0, 0.05) is 41.8 Å². The van der Waals surface area contributed by atoms with Gasteiger partial charge in [-0.1, -0.05) is 24.8 Å². The lowest BCUT2D eigenvalue weighted by atomic mass is 9.98. The minimum absolute atomic E-state index is 0.0448. The zero-order valence-corrected chi connectivity index (χ0v) is 20.7. The summed E-state index contributed by atoms with van der Waals surface area (Å²) >= 11 is 4.67. The van der Waals surface area contributed by atoms with Crippen LogP contribution in [0, 0.1) is 23.0 Å². The molecule has 0 radical (unpaired) electrons. The Kier molecular flexibility index (Phi) is 9.95. The maximum atomic E-state index is 15.2. The Balaban J connectivity index is 1.90. The van der Waals surface area contributed by atoms with Gasteiger partial charge in [-0.2, -0.15) is 5.26 Å². The normalized spacial score (nSPS) is 15.1. The van der Waals surface area contributed by atoms with Gasteiger partial charge in [0.1, 0.15) is 17.7 Å². The number of thiol groups is 1. The first kappa shape index (κ1) is 26.5. The number of nitrogens with one attached hydrogen (secondary N) is 1. The van der Waals surface area contributed by atoms with Crippen LogP contribution in [0.15, 0.2) is 61.3 Å². The zero-order chi connectivity index (χ0) is 25.2. The van der Waals surface area contributed by atoms with E-state index in [9.17, 15) is 4.39 Å². The Morgan fingerprint density at radius 1 is 1.20 bits per heavy atom. The van der Waals surface area contributed by atoms with Crippen LogP contribution < -0.4 is 16.0 Å². The van der Waals surface area contributed by atoms with Crippen molar-refractivity contribution in [3.05, 3.63) is 89.7 Å². The summed E-state index contributed by atoms with van der Waals surface area (Å²) in [5.41, 5.74) is 8.44. The summed E-state index contributed by atoms with van der Waals surface area (Å²) < 4.78 is 29.6. The summed E-state index contributed by atoms with van der Waals surface area (Å²) in [6, 6.07) is 11.3. The molecule has 1 atom stereocenters. The van der Waals surface area contributed by atoms with E-state index in [0.717, 1.165) is 51.0 Å². The third-order valence-electron chi connectivity index (χ3n) is 6.10. The van der Waals surface area contributed by atoms with Crippen LogP contribution in [0.25, 0.3) is 10.5 Å². The highest BCUT2D eigenvalue weighted by Crippen LogP contribution is 2.34. The third kappa shape index (κ3) is 7.20. The van der Waals surface area contributed by atoms with Gasteiger partial charge < -0.3 is 16.0 Å². The maximum absolute atomic E-state index is 15.2. The molecule has 1 aliphatic rings. The molecule has 1 aliphatic heterocycles. The standard InChI is InChI=1S/C28H32F2N4S/c1-2-33-14-6-8-22(32)7-5-9-24(20-10-11-21(19-31)26(29)17-20)28(35)25-13-12-23(18-27(25)30)34-15-3-4-16-34/h2,5,9-13,17-18,22,33,35H,1,3-4,6-8,14-16,32H2/b9-5+,28-24+. The molecule has 0 aliphatic carbocycles. The summed E-state index contributed by atoms with van der Waals surface area (Å²) in [7, 11) is 0. The number of nitrogens with zero attached hydrogens (tertiary/aromatic N) is 2. The number of allylic oxidation sites excluding steroid dienone is 2. The van der Waals surface area contributed by atoms with Gasteiger partial charge in [0.05, 0.1) is 5.56 Å². The van der Waals surface area contributed by atoms with Crippen LogP contribution >= 0.6 is 12.6 Å². The number of nitriles is 1. The van der Waals surface area contributed by atoms with Crippen molar-refractivity contribution in [2.75, 3.05) is 24.5 Å². The van der Waals surface area contributed by atoms with Gasteiger partial charge in [-0.05, 0) is 79.8 Å². The van der Waals surface area contributed by atoms with Crippen LogP contribution in [0.1, 0.15) is 48.8 Å². The number of nitrogens with two attached hydrogens (primary N) is 1. The minimum Gasteiger partial charge on any atom is -0.391 e. The molecular weight excluding hydrogens is 462 g/mol. The highest BCUT2D eigenvalue weighted by atomic mass is 32.1. The molecule has 1 fully saturated rings. The monoisotopic (exact) mass is 494 g/mol. The van der Waals surface area contributed by atoms with Gasteiger partial charge >= 0.3 is 0 Å². The second-order valence-electron chi connectivity index (χ2n) is 8.63. The van der Waals surface area contributed by atoms with E-state index in [4.69, 9.17) is 11.0 Å². The molecule has 2 aromatic rings. The molecular formula is C28H32F2N4S. The fraction of sp³-hybridized carbons (Fsp3) is 0.321. The predicted molar refractivity (Wildman–Crippen MR) is 144 cm³/mol. The number of benzene rings is 2. The number of hydrogen-bond acceptors (Lipinski definition) is 5. The number of halogens is 2. The zero-order valence-electron chi connectivity index (χ0n) is 19.8. The summed E-state index contributed by atoms with van der Waals surface area (Å²) in [6.45, 7) is 6.28. The van der Waals surface area contributed by atoms with E-state index in [0.29, 0.717) is 28.0 Å². The molecule has 3 rings (SSSR count). The van der Waals surface area contributed by atoms with E-state index in [-0.39, 0.29) is 17.4 Å². The highest BCUT2D eigenvalue weighted by molar-refractivity contribution is 7.90. The average molecular weight is 495 g/mol. The second kappa shape index (κ2) is 13.1. The quantitative estimate of drug-likeness (QED) is 0.155. The first-order valence-corrected chi connectivity index (χ1v) is 12.3. The summed E-state index contributed by atoms with van der Waals surface area (Å²) in [5.74, 6) is -1.01. The topological polar surface area (TPSA) is 65.1 Å². The lowest BCUT2D eigenvalue weighted by Crippen LogP contribution is -2.20. The average Bonchev–Trinajstić information content (AvgIpc) is 3.39. The van der Waals surface area contributed by atoms with Crippen molar-refractivity contribution in [3.8, 4) is 6.07 Å². The molecule has 0 amide bonds. The first-order chi connectivity index (χ1) is 16.9. The summed E-state index contributed by atoms with van der Waals surface area (Å²) in [5, 5.41) is 12.1. The van der Waals surface area contributed by atoms with E-state index >= 15 is 4.39 Å². The Hall–Kier alpha value is -3.08. The van der Waals surface area contributed by atoms with Crippen LogP contribution in [0.3, 0.4) is 0 Å². The molecule has 2 aromatic carbocycles. The van der Waals surface area contributed by atoms with Crippen molar-refractivity contribution in [1.29, 1.82) is 5.26 Å². The molecule has 184 valence electrons. The van der Waals surface area contributed by atoms with Gasteiger partial charge in [0.2, 0.25) is 0 Å². The molecule has 0 saturated carbocycles. The van der Waals surface area contributed by atoms with Gasteiger partial charge in [-0.3, -0.25) is 0 Å². The van der Waals surface area contributed by atoms with E-state index in [1.54, 1.807) is 24.4 Å². The van der Waals surface area contributed by atoms with Crippen molar-refractivity contribution in [1.82, 2.24) is 5.32 Å². The van der Waals surface area contributed by atoms with Gasteiger partial charge in [-0.15, -0.1) is 12.6 Å². The second-order valence-corrected chi connectivity index (χ2v) is 9.07. The lowest BCUT2D eigenvalue weighted by Gasteiger charge is -2.19. The summed E-state index contributed by atoms with van der Waals surface area (Å²) in [6.07, 6.45) is 9.92. The van der Waals surface area contributed by atoms with Crippen LogP contribution in [-0.4, -0.2) is 25.7 Å². The number of rotatable bonds is 11. The highest BCUT2D eigenvalue weighted by Gasteiger charge is 2.17. The molecule has 0 bridgehead atoms. The number of anilines is 1. The van der Waals surface area contributed by atoms with Crippen LogP contribution in [-0.2, 0) is 0 Å². The lowest BCUT2D eigenvalue weighted by molar-refractivity contribution is 0.578. The van der Waals surface area contributed by atoms with Gasteiger partial charge in [0.15, 0.2) is 0 Å².